The van der Waals surface area contributed by atoms with Gasteiger partial charge in [-0.05, 0) is 38.8 Å². The standard InChI is InChI=1S/C29H33N3O6/c1-19(2)38-26(36)25(35)29(30-20(3)33,17-22-13-9-7-10-14-22)32-24(23-15-11-8-12-16-23)18-31(21(4)34)28(5,6)27(32)37/h7-16,18-19H,17H2,1-6H3,(H,30,33)/t29-/m0/s1. The number of ether oxygens (including phenoxy) is 1. The van der Waals surface area contributed by atoms with Gasteiger partial charge in [-0.2, -0.15) is 0 Å². The van der Waals surface area contributed by atoms with Crippen LogP contribution < -0.4 is 5.32 Å². The van der Waals surface area contributed by atoms with Crippen molar-refractivity contribution in [2.24, 2.45) is 0 Å². The van der Waals surface area contributed by atoms with Crippen LogP contribution in [0.5, 0.6) is 0 Å². The summed E-state index contributed by atoms with van der Waals surface area (Å²) < 4.78 is 5.25. The first-order valence-electron chi connectivity index (χ1n) is 12.3. The number of hydrogen-bond acceptors (Lipinski definition) is 6. The molecule has 0 fully saturated rings. The molecule has 2 aromatic rings. The molecule has 3 rings (SSSR count). The minimum absolute atomic E-state index is 0.167. The van der Waals surface area contributed by atoms with Gasteiger partial charge in [0.2, 0.25) is 11.8 Å². The molecule has 1 N–H and O–H groups in total. The van der Waals surface area contributed by atoms with Gasteiger partial charge in [0.05, 0.1) is 11.8 Å². The molecule has 38 heavy (non-hydrogen) atoms. The molecule has 1 heterocycles. The fraction of sp³-hybridized carbons (Fsp3) is 0.345. The van der Waals surface area contributed by atoms with Crippen LogP contribution in [-0.4, -0.2) is 56.6 Å². The van der Waals surface area contributed by atoms with Crippen LogP contribution in [0.25, 0.3) is 5.70 Å². The molecule has 0 saturated carbocycles. The highest BCUT2D eigenvalue weighted by Crippen LogP contribution is 2.39. The highest BCUT2D eigenvalue weighted by atomic mass is 16.5. The molecular formula is C29H33N3O6. The average Bonchev–Trinajstić information content (AvgIpc) is 2.84. The van der Waals surface area contributed by atoms with Gasteiger partial charge in [0, 0.05) is 26.5 Å². The van der Waals surface area contributed by atoms with Gasteiger partial charge in [-0.3, -0.25) is 24.1 Å². The van der Waals surface area contributed by atoms with Gasteiger partial charge in [0.15, 0.2) is 5.66 Å². The molecule has 0 unspecified atom stereocenters. The van der Waals surface area contributed by atoms with Crippen LogP contribution in [0.1, 0.15) is 52.7 Å². The molecule has 3 amide bonds. The number of nitrogens with zero attached hydrogens (tertiary/aromatic N) is 2. The molecule has 1 aliphatic heterocycles. The van der Waals surface area contributed by atoms with Gasteiger partial charge in [-0.15, -0.1) is 0 Å². The van der Waals surface area contributed by atoms with Crippen molar-refractivity contribution in [1.82, 2.24) is 15.1 Å². The van der Waals surface area contributed by atoms with E-state index in [0.29, 0.717) is 11.1 Å². The Morgan fingerprint density at radius 1 is 0.947 bits per heavy atom. The molecule has 0 spiro atoms. The summed E-state index contributed by atoms with van der Waals surface area (Å²) in [7, 11) is 0. The molecule has 1 atom stereocenters. The van der Waals surface area contributed by atoms with Crippen molar-refractivity contribution in [1.29, 1.82) is 0 Å². The van der Waals surface area contributed by atoms with E-state index in [-0.39, 0.29) is 12.1 Å². The fourth-order valence-electron chi connectivity index (χ4n) is 4.54. The summed E-state index contributed by atoms with van der Waals surface area (Å²) in [6.07, 6.45) is 0.622. The molecular weight excluding hydrogens is 486 g/mol. The van der Waals surface area contributed by atoms with Crippen molar-refractivity contribution >= 4 is 35.2 Å². The molecule has 0 radical (unpaired) electrons. The van der Waals surface area contributed by atoms with Crippen LogP contribution >= 0.6 is 0 Å². The van der Waals surface area contributed by atoms with Crippen LogP contribution in [0.3, 0.4) is 0 Å². The highest BCUT2D eigenvalue weighted by Gasteiger charge is 2.57. The predicted octanol–water partition coefficient (Wildman–Crippen LogP) is 3.05. The van der Waals surface area contributed by atoms with E-state index in [1.807, 2.05) is 0 Å². The molecule has 0 saturated heterocycles. The molecule has 9 nitrogen and oxygen atoms in total. The number of esters is 1. The number of Topliss-reactive ketones (excluding diaryl/α,β-unsaturated/α-hetero) is 1. The summed E-state index contributed by atoms with van der Waals surface area (Å²) in [4.78, 5) is 69.3. The summed E-state index contributed by atoms with van der Waals surface area (Å²) in [5.41, 5.74) is -2.40. The number of carbonyl (C=O) groups excluding carboxylic acids is 5. The first-order chi connectivity index (χ1) is 17.8. The van der Waals surface area contributed by atoms with E-state index in [9.17, 15) is 24.0 Å². The minimum Gasteiger partial charge on any atom is -0.457 e. The Balaban J connectivity index is 2.40. The Hall–Kier alpha value is -4.27. The zero-order valence-electron chi connectivity index (χ0n) is 22.5. The second-order valence-electron chi connectivity index (χ2n) is 9.96. The topological polar surface area (TPSA) is 113 Å². The maximum Gasteiger partial charge on any atom is 0.379 e. The Morgan fingerprint density at radius 2 is 1.50 bits per heavy atom. The molecule has 200 valence electrons. The van der Waals surface area contributed by atoms with Crippen molar-refractivity contribution in [2.75, 3.05) is 0 Å². The Bertz CT molecular complexity index is 1270. The quantitative estimate of drug-likeness (QED) is 0.424. The highest BCUT2D eigenvalue weighted by molar-refractivity contribution is 6.38. The first kappa shape index (κ1) is 28.3. The Morgan fingerprint density at radius 3 is 2.00 bits per heavy atom. The predicted molar refractivity (Wildman–Crippen MR) is 141 cm³/mol. The van der Waals surface area contributed by atoms with Crippen LogP contribution in [0.2, 0.25) is 0 Å². The van der Waals surface area contributed by atoms with Crippen LogP contribution in [0.15, 0.2) is 66.9 Å². The van der Waals surface area contributed by atoms with E-state index < -0.39 is 46.8 Å². The summed E-state index contributed by atoms with van der Waals surface area (Å²) in [6.45, 7) is 8.81. The van der Waals surface area contributed by atoms with E-state index in [1.54, 1.807) is 88.4 Å². The monoisotopic (exact) mass is 519 g/mol. The largest absolute Gasteiger partial charge is 0.457 e. The molecule has 0 aliphatic carbocycles. The zero-order valence-corrected chi connectivity index (χ0v) is 22.5. The third kappa shape index (κ3) is 5.51. The third-order valence-electron chi connectivity index (χ3n) is 6.20. The van der Waals surface area contributed by atoms with Gasteiger partial charge in [0.25, 0.3) is 11.7 Å². The number of ketones is 1. The zero-order chi connectivity index (χ0) is 28.3. The number of carbonyl (C=O) groups is 5. The normalized spacial score (nSPS) is 16.4. The van der Waals surface area contributed by atoms with E-state index >= 15 is 0 Å². The smallest absolute Gasteiger partial charge is 0.379 e. The molecule has 2 aromatic carbocycles. The number of benzene rings is 2. The van der Waals surface area contributed by atoms with Crippen LogP contribution in [-0.2, 0) is 35.1 Å². The van der Waals surface area contributed by atoms with Crippen molar-refractivity contribution in [3.8, 4) is 0 Å². The SMILES string of the molecule is CC(=O)N[C@](Cc1ccccc1)(C(=O)C(=O)OC(C)C)N1C(=O)C(C)(C)N(C(C)=O)C=C1c1ccccc1. The van der Waals surface area contributed by atoms with Crippen molar-refractivity contribution < 1.29 is 28.7 Å². The summed E-state index contributed by atoms with van der Waals surface area (Å²) in [5.74, 6) is -4.01. The second kappa shape index (κ2) is 11.0. The first-order valence-corrected chi connectivity index (χ1v) is 12.3. The number of nitrogens with one attached hydrogen (secondary N) is 1. The third-order valence-corrected chi connectivity index (χ3v) is 6.20. The fourth-order valence-corrected chi connectivity index (χ4v) is 4.54. The van der Waals surface area contributed by atoms with E-state index in [4.69, 9.17) is 4.74 Å². The number of hydrogen-bond donors (Lipinski definition) is 1. The number of amides is 3. The minimum atomic E-state index is -2.20. The molecule has 0 bridgehead atoms. The summed E-state index contributed by atoms with van der Waals surface area (Å²) in [5, 5.41) is 2.65. The lowest BCUT2D eigenvalue weighted by Gasteiger charge is -2.51. The van der Waals surface area contributed by atoms with Crippen LogP contribution in [0, 0.1) is 0 Å². The van der Waals surface area contributed by atoms with Gasteiger partial charge >= 0.3 is 5.97 Å². The van der Waals surface area contributed by atoms with Crippen LogP contribution in [0.4, 0.5) is 0 Å². The Labute approximate surface area is 222 Å². The summed E-state index contributed by atoms with van der Waals surface area (Å²) >= 11 is 0. The average molecular weight is 520 g/mol. The van der Waals surface area contributed by atoms with Gasteiger partial charge < -0.3 is 15.0 Å². The second-order valence-corrected chi connectivity index (χ2v) is 9.96. The lowest BCUT2D eigenvalue weighted by atomic mass is 9.86. The van der Waals surface area contributed by atoms with Gasteiger partial charge in [-0.1, -0.05) is 60.7 Å². The van der Waals surface area contributed by atoms with Crippen molar-refractivity contribution in [3.63, 3.8) is 0 Å². The van der Waals surface area contributed by atoms with E-state index in [0.717, 1.165) is 4.90 Å². The Kier molecular flexibility index (Phi) is 8.19. The lowest BCUT2D eigenvalue weighted by Crippen LogP contribution is -2.73. The maximum absolute atomic E-state index is 14.3. The summed E-state index contributed by atoms with van der Waals surface area (Å²) in [6, 6.07) is 17.4. The van der Waals surface area contributed by atoms with Gasteiger partial charge in [0.1, 0.15) is 5.54 Å². The maximum atomic E-state index is 14.3. The van der Waals surface area contributed by atoms with Gasteiger partial charge in [-0.25, -0.2) is 4.79 Å². The molecule has 0 aromatic heterocycles. The molecule has 1 aliphatic rings. The van der Waals surface area contributed by atoms with Crippen molar-refractivity contribution in [3.05, 3.63) is 78.0 Å². The van der Waals surface area contributed by atoms with E-state index in [1.165, 1.54) is 24.9 Å². The van der Waals surface area contributed by atoms with Crippen molar-refractivity contribution in [2.45, 2.75) is 65.3 Å². The molecule has 9 heteroatoms. The lowest BCUT2D eigenvalue weighted by molar-refractivity contribution is -0.167. The van der Waals surface area contributed by atoms with E-state index in [2.05, 4.69) is 5.32 Å². The number of rotatable bonds is 8.